The zero-order valence-corrected chi connectivity index (χ0v) is 12.3. The normalized spacial score (nSPS) is 21.3. The molecule has 1 aliphatic carbocycles. The molecule has 6 nitrogen and oxygen atoms in total. The molecule has 0 bridgehead atoms. The molecule has 0 heterocycles. The van der Waals surface area contributed by atoms with Crippen LogP contribution in [0.3, 0.4) is 0 Å². The number of phenolic OH excluding ortho intramolecular Hbond substituents is 3. The van der Waals surface area contributed by atoms with Crippen molar-refractivity contribution >= 4 is 12.2 Å². The first-order valence-corrected chi connectivity index (χ1v) is 7.45. The van der Waals surface area contributed by atoms with E-state index in [9.17, 15) is 24.9 Å². The molecule has 1 amide bonds. The maximum absolute atomic E-state index is 11.9. The summed E-state index contributed by atoms with van der Waals surface area (Å²) in [6, 6.07) is 2.51. The first-order valence-electron chi connectivity index (χ1n) is 7.45. The molecule has 1 fully saturated rings. The van der Waals surface area contributed by atoms with Crippen LogP contribution in [0.1, 0.15) is 31.2 Å². The number of carbonyl (C=O) groups is 2. The Bertz CT molecular complexity index is 526. The Morgan fingerprint density at radius 1 is 1.14 bits per heavy atom. The highest BCUT2D eigenvalue weighted by Gasteiger charge is 2.21. The van der Waals surface area contributed by atoms with E-state index in [1.54, 1.807) is 0 Å². The lowest BCUT2D eigenvalue weighted by atomic mass is 9.83. The topological polar surface area (TPSA) is 107 Å². The van der Waals surface area contributed by atoms with Crippen molar-refractivity contribution in [3.8, 4) is 17.2 Å². The zero-order chi connectivity index (χ0) is 16.1. The molecule has 1 aromatic carbocycles. The quantitative estimate of drug-likeness (QED) is 0.487. The van der Waals surface area contributed by atoms with Gasteiger partial charge in [-0.05, 0) is 49.3 Å². The third-order valence-electron chi connectivity index (χ3n) is 4.17. The predicted octanol–water partition coefficient (Wildman–Crippen LogP) is 1.47. The largest absolute Gasteiger partial charge is 0.504 e. The third kappa shape index (κ3) is 4.13. The molecule has 120 valence electrons. The Labute approximate surface area is 128 Å². The molecule has 22 heavy (non-hydrogen) atoms. The number of hydrogen-bond acceptors (Lipinski definition) is 5. The van der Waals surface area contributed by atoms with Crippen LogP contribution in [0.2, 0.25) is 0 Å². The molecule has 4 N–H and O–H groups in total. The Balaban J connectivity index is 1.80. The van der Waals surface area contributed by atoms with Gasteiger partial charge in [0.2, 0.25) is 5.91 Å². The molecule has 0 unspecified atom stereocenters. The Hall–Kier alpha value is -2.24. The minimum absolute atomic E-state index is 0.0189. The van der Waals surface area contributed by atoms with Crippen LogP contribution < -0.4 is 5.32 Å². The second-order valence-corrected chi connectivity index (χ2v) is 5.88. The molecule has 0 radical (unpaired) electrons. The van der Waals surface area contributed by atoms with E-state index >= 15 is 0 Å². The lowest BCUT2D eigenvalue weighted by Crippen LogP contribution is -2.32. The summed E-state index contributed by atoms with van der Waals surface area (Å²) >= 11 is 0. The van der Waals surface area contributed by atoms with Crippen molar-refractivity contribution in [2.75, 3.05) is 6.54 Å². The van der Waals surface area contributed by atoms with Gasteiger partial charge in [-0.3, -0.25) is 4.79 Å². The number of phenols is 3. The average molecular weight is 307 g/mol. The summed E-state index contributed by atoms with van der Waals surface area (Å²) in [5.74, 6) is -1.14. The molecule has 2 rings (SSSR count). The van der Waals surface area contributed by atoms with Gasteiger partial charge in [0.1, 0.15) is 6.29 Å². The third-order valence-corrected chi connectivity index (χ3v) is 4.17. The Morgan fingerprint density at radius 2 is 1.73 bits per heavy atom. The predicted molar refractivity (Wildman–Crippen MR) is 79.7 cm³/mol. The molecule has 1 saturated carbocycles. The number of hydrogen-bond donors (Lipinski definition) is 4. The number of aldehydes is 1. The van der Waals surface area contributed by atoms with Crippen LogP contribution in [-0.2, 0) is 16.0 Å². The summed E-state index contributed by atoms with van der Waals surface area (Å²) in [6.45, 7) is 0.570. The lowest BCUT2D eigenvalue weighted by Gasteiger charge is -2.25. The summed E-state index contributed by atoms with van der Waals surface area (Å²) in [5.41, 5.74) is 0.426. The zero-order valence-electron chi connectivity index (χ0n) is 12.3. The highest BCUT2D eigenvalue weighted by molar-refractivity contribution is 5.79. The smallest absolute Gasteiger partial charge is 0.224 e. The van der Waals surface area contributed by atoms with Gasteiger partial charge in [-0.15, -0.1) is 0 Å². The average Bonchev–Trinajstić information content (AvgIpc) is 2.51. The summed E-state index contributed by atoms with van der Waals surface area (Å²) in [6.07, 6.45) is 4.66. The fourth-order valence-electron chi connectivity index (χ4n) is 2.80. The van der Waals surface area contributed by atoms with Crippen LogP contribution >= 0.6 is 0 Å². The number of amides is 1. The number of benzene rings is 1. The van der Waals surface area contributed by atoms with Crippen LogP contribution in [0, 0.1) is 11.8 Å². The van der Waals surface area contributed by atoms with E-state index < -0.39 is 17.2 Å². The fraction of sp³-hybridized carbons (Fsp3) is 0.500. The van der Waals surface area contributed by atoms with Gasteiger partial charge in [0.15, 0.2) is 17.2 Å². The molecule has 0 aromatic heterocycles. The van der Waals surface area contributed by atoms with Crippen molar-refractivity contribution in [3.63, 3.8) is 0 Å². The molecule has 1 aliphatic rings. The molecule has 0 saturated heterocycles. The van der Waals surface area contributed by atoms with Crippen LogP contribution in [-0.4, -0.2) is 34.1 Å². The lowest BCUT2D eigenvalue weighted by molar-refractivity contribution is -0.120. The second-order valence-electron chi connectivity index (χ2n) is 5.88. The van der Waals surface area contributed by atoms with Gasteiger partial charge in [-0.2, -0.15) is 0 Å². The van der Waals surface area contributed by atoms with Gasteiger partial charge in [0.05, 0.1) is 6.42 Å². The highest BCUT2D eigenvalue weighted by atomic mass is 16.3. The van der Waals surface area contributed by atoms with Gasteiger partial charge in [-0.1, -0.05) is 0 Å². The van der Waals surface area contributed by atoms with Crippen molar-refractivity contribution in [1.82, 2.24) is 5.32 Å². The molecule has 0 atom stereocenters. The molecule has 0 spiro atoms. The van der Waals surface area contributed by atoms with Crippen LogP contribution in [0.15, 0.2) is 12.1 Å². The van der Waals surface area contributed by atoms with Crippen molar-refractivity contribution in [2.24, 2.45) is 11.8 Å². The van der Waals surface area contributed by atoms with E-state index in [0.717, 1.165) is 32.0 Å². The summed E-state index contributed by atoms with van der Waals surface area (Å²) in [4.78, 5) is 22.6. The van der Waals surface area contributed by atoms with E-state index in [1.807, 2.05) is 0 Å². The van der Waals surface area contributed by atoms with E-state index in [1.165, 1.54) is 12.1 Å². The van der Waals surface area contributed by atoms with Gasteiger partial charge in [0, 0.05) is 12.5 Å². The summed E-state index contributed by atoms with van der Waals surface area (Å²) < 4.78 is 0. The van der Waals surface area contributed by atoms with Gasteiger partial charge < -0.3 is 25.4 Å². The van der Waals surface area contributed by atoms with E-state index in [4.69, 9.17) is 0 Å². The summed E-state index contributed by atoms with van der Waals surface area (Å²) in [5, 5.41) is 30.9. The van der Waals surface area contributed by atoms with Crippen molar-refractivity contribution in [2.45, 2.75) is 32.1 Å². The van der Waals surface area contributed by atoms with Crippen LogP contribution in [0.5, 0.6) is 17.2 Å². The molecule has 1 aromatic rings. The minimum atomic E-state index is -0.587. The minimum Gasteiger partial charge on any atom is -0.504 e. The Morgan fingerprint density at radius 3 is 2.27 bits per heavy atom. The van der Waals surface area contributed by atoms with Crippen LogP contribution in [0.25, 0.3) is 0 Å². The molecule has 6 heteroatoms. The second kappa shape index (κ2) is 7.15. The van der Waals surface area contributed by atoms with E-state index in [0.29, 0.717) is 18.0 Å². The maximum atomic E-state index is 11.9. The SMILES string of the molecule is O=CC1CCC(CNC(=O)Cc2cc(O)c(O)c(O)c2)CC1. The molecule has 0 aliphatic heterocycles. The van der Waals surface area contributed by atoms with Gasteiger partial charge >= 0.3 is 0 Å². The molecular formula is C16H21NO5. The molecular weight excluding hydrogens is 286 g/mol. The Kier molecular flexibility index (Phi) is 5.25. The van der Waals surface area contributed by atoms with Gasteiger partial charge in [0.25, 0.3) is 0 Å². The van der Waals surface area contributed by atoms with Crippen molar-refractivity contribution in [3.05, 3.63) is 17.7 Å². The number of nitrogens with one attached hydrogen (secondary N) is 1. The van der Waals surface area contributed by atoms with E-state index in [-0.39, 0.29) is 18.2 Å². The van der Waals surface area contributed by atoms with Crippen LogP contribution in [0.4, 0.5) is 0 Å². The van der Waals surface area contributed by atoms with Crippen molar-refractivity contribution < 1.29 is 24.9 Å². The number of aromatic hydroxyl groups is 3. The highest BCUT2D eigenvalue weighted by Crippen LogP contribution is 2.35. The maximum Gasteiger partial charge on any atom is 0.224 e. The van der Waals surface area contributed by atoms with Crippen molar-refractivity contribution in [1.29, 1.82) is 0 Å². The fourth-order valence-corrected chi connectivity index (χ4v) is 2.80. The number of rotatable bonds is 5. The summed E-state index contributed by atoms with van der Waals surface area (Å²) in [7, 11) is 0. The van der Waals surface area contributed by atoms with Gasteiger partial charge in [-0.25, -0.2) is 0 Å². The number of carbonyl (C=O) groups excluding carboxylic acids is 2. The first kappa shape index (κ1) is 16.1. The first-order chi connectivity index (χ1) is 10.5. The van der Waals surface area contributed by atoms with E-state index in [2.05, 4.69) is 5.32 Å². The standard InChI is InChI=1S/C16H21NO5/c18-9-11-3-1-10(2-4-11)8-17-15(21)7-12-5-13(19)16(22)14(20)6-12/h5-6,9-11,19-20,22H,1-4,7-8H2,(H,17,21). The monoisotopic (exact) mass is 307 g/mol.